The van der Waals surface area contributed by atoms with Gasteiger partial charge in [-0.25, -0.2) is 0 Å². The zero-order valence-corrected chi connectivity index (χ0v) is 12.8. The summed E-state index contributed by atoms with van der Waals surface area (Å²) < 4.78 is 0. The molecule has 3 amide bonds. The Morgan fingerprint density at radius 2 is 1.86 bits per heavy atom. The van der Waals surface area contributed by atoms with Crippen molar-refractivity contribution in [2.75, 3.05) is 32.7 Å². The van der Waals surface area contributed by atoms with Crippen LogP contribution < -0.4 is 5.32 Å². The number of nitrogens with zero attached hydrogens (tertiary/aromatic N) is 2. The van der Waals surface area contributed by atoms with Crippen molar-refractivity contribution in [2.45, 2.75) is 13.3 Å². The van der Waals surface area contributed by atoms with Crippen LogP contribution in [0.15, 0.2) is 17.5 Å². The van der Waals surface area contributed by atoms with E-state index in [-0.39, 0.29) is 24.1 Å². The van der Waals surface area contributed by atoms with Gasteiger partial charge in [-0.2, -0.15) is 0 Å². The molecule has 0 unspecified atom stereocenters. The summed E-state index contributed by atoms with van der Waals surface area (Å²) in [6.45, 7) is 4.18. The second-order valence-corrected chi connectivity index (χ2v) is 5.82. The molecule has 2 heterocycles. The van der Waals surface area contributed by atoms with Crippen LogP contribution >= 0.6 is 11.3 Å². The van der Waals surface area contributed by atoms with Gasteiger partial charge in [0.1, 0.15) is 0 Å². The normalized spacial score (nSPS) is 14.9. The molecule has 0 aliphatic carbocycles. The van der Waals surface area contributed by atoms with Crippen molar-refractivity contribution in [1.82, 2.24) is 15.1 Å². The summed E-state index contributed by atoms with van der Waals surface area (Å²) in [5, 5.41) is 4.58. The minimum Gasteiger partial charge on any atom is -0.351 e. The van der Waals surface area contributed by atoms with Gasteiger partial charge in [0, 0.05) is 46.1 Å². The van der Waals surface area contributed by atoms with Gasteiger partial charge in [-0.3, -0.25) is 14.4 Å². The van der Waals surface area contributed by atoms with Gasteiger partial charge in [-0.15, -0.1) is 11.3 Å². The number of amides is 3. The molecule has 1 aliphatic rings. The lowest BCUT2D eigenvalue weighted by Crippen LogP contribution is -2.50. The summed E-state index contributed by atoms with van der Waals surface area (Å²) in [4.78, 5) is 39.1. The summed E-state index contributed by atoms with van der Waals surface area (Å²) in [6, 6.07) is 3.57. The lowest BCUT2D eigenvalue weighted by Gasteiger charge is -2.34. The third-order valence-corrected chi connectivity index (χ3v) is 4.32. The molecule has 1 aliphatic heterocycles. The zero-order valence-electron chi connectivity index (χ0n) is 12.0. The predicted octanol–water partition coefficient (Wildman–Crippen LogP) is 0.559. The van der Waals surface area contributed by atoms with Crippen molar-refractivity contribution in [1.29, 1.82) is 0 Å². The van der Waals surface area contributed by atoms with E-state index in [1.807, 2.05) is 11.4 Å². The highest BCUT2D eigenvalue weighted by Gasteiger charge is 2.22. The van der Waals surface area contributed by atoms with Crippen molar-refractivity contribution in [3.05, 3.63) is 22.4 Å². The van der Waals surface area contributed by atoms with E-state index >= 15 is 0 Å². The largest absolute Gasteiger partial charge is 0.351 e. The van der Waals surface area contributed by atoms with Crippen LogP contribution in [0.3, 0.4) is 0 Å². The molecule has 6 nitrogen and oxygen atoms in total. The molecule has 1 aromatic rings. The van der Waals surface area contributed by atoms with Gasteiger partial charge in [0.25, 0.3) is 5.91 Å². The number of nitrogens with one attached hydrogen (secondary N) is 1. The van der Waals surface area contributed by atoms with Crippen LogP contribution in [0.1, 0.15) is 23.0 Å². The average molecular weight is 309 g/mol. The quantitative estimate of drug-likeness (QED) is 0.883. The number of hydrogen-bond acceptors (Lipinski definition) is 4. The minimum absolute atomic E-state index is 0.0182. The van der Waals surface area contributed by atoms with Crippen LogP contribution in [0.4, 0.5) is 0 Å². The fraction of sp³-hybridized carbons (Fsp3) is 0.500. The molecule has 1 fully saturated rings. The number of piperazine rings is 1. The van der Waals surface area contributed by atoms with E-state index in [4.69, 9.17) is 0 Å². The highest BCUT2D eigenvalue weighted by atomic mass is 32.1. The Morgan fingerprint density at radius 3 is 2.43 bits per heavy atom. The molecule has 7 heteroatoms. The number of carbonyl (C=O) groups excluding carboxylic acids is 3. The Balaban J connectivity index is 1.68. The predicted molar refractivity (Wildman–Crippen MR) is 80.1 cm³/mol. The molecular formula is C14H19N3O3S. The average Bonchev–Trinajstić information content (AvgIpc) is 3.01. The van der Waals surface area contributed by atoms with Gasteiger partial charge in [-0.05, 0) is 11.4 Å². The van der Waals surface area contributed by atoms with Crippen molar-refractivity contribution >= 4 is 29.1 Å². The Bertz CT molecular complexity index is 508. The molecule has 0 bridgehead atoms. The maximum atomic E-state index is 12.0. The highest BCUT2D eigenvalue weighted by molar-refractivity contribution is 7.12. The lowest BCUT2D eigenvalue weighted by molar-refractivity contribution is -0.138. The third kappa shape index (κ3) is 4.29. The SMILES string of the molecule is CC(=O)N1CCN(C(=O)CCNC(=O)c2cccs2)CC1. The van der Waals surface area contributed by atoms with E-state index in [9.17, 15) is 14.4 Å². The fourth-order valence-electron chi connectivity index (χ4n) is 2.21. The molecule has 0 atom stereocenters. The second-order valence-electron chi connectivity index (χ2n) is 4.87. The Morgan fingerprint density at radius 1 is 1.19 bits per heavy atom. The van der Waals surface area contributed by atoms with Crippen LogP contribution in [-0.2, 0) is 9.59 Å². The molecule has 21 heavy (non-hydrogen) atoms. The fourth-order valence-corrected chi connectivity index (χ4v) is 2.85. The van der Waals surface area contributed by atoms with Crippen LogP contribution in [0.5, 0.6) is 0 Å². The molecule has 1 aromatic heterocycles. The molecule has 1 N–H and O–H groups in total. The standard InChI is InChI=1S/C14H19N3O3S/c1-11(18)16-6-8-17(9-7-16)13(19)4-5-15-14(20)12-3-2-10-21-12/h2-3,10H,4-9H2,1H3,(H,15,20). The number of carbonyl (C=O) groups is 3. The molecule has 0 spiro atoms. The number of thiophene rings is 1. The Hall–Kier alpha value is -1.89. The van der Waals surface area contributed by atoms with Gasteiger partial charge in [0.15, 0.2) is 0 Å². The highest BCUT2D eigenvalue weighted by Crippen LogP contribution is 2.08. The van der Waals surface area contributed by atoms with E-state index in [0.29, 0.717) is 37.6 Å². The molecule has 114 valence electrons. The van der Waals surface area contributed by atoms with Crippen LogP contribution in [0, 0.1) is 0 Å². The minimum atomic E-state index is -0.140. The molecule has 0 radical (unpaired) electrons. The summed E-state index contributed by atoms with van der Waals surface area (Å²) in [5.74, 6) is -0.0748. The van der Waals surface area contributed by atoms with Crippen molar-refractivity contribution in [3.63, 3.8) is 0 Å². The van der Waals surface area contributed by atoms with E-state index in [0.717, 1.165) is 0 Å². The van der Waals surface area contributed by atoms with Gasteiger partial charge < -0.3 is 15.1 Å². The van der Waals surface area contributed by atoms with Crippen molar-refractivity contribution in [2.24, 2.45) is 0 Å². The van der Waals surface area contributed by atoms with Crippen LogP contribution in [0.2, 0.25) is 0 Å². The summed E-state index contributed by atoms with van der Waals surface area (Å²) in [7, 11) is 0. The van der Waals surface area contributed by atoms with Crippen molar-refractivity contribution in [3.8, 4) is 0 Å². The lowest BCUT2D eigenvalue weighted by atomic mass is 10.2. The summed E-state index contributed by atoms with van der Waals surface area (Å²) in [5.41, 5.74) is 0. The first-order valence-corrected chi connectivity index (χ1v) is 7.81. The first-order chi connectivity index (χ1) is 10.1. The molecular weight excluding hydrogens is 290 g/mol. The van der Waals surface area contributed by atoms with E-state index in [1.54, 1.807) is 15.9 Å². The summed E-state index contributed by atoms with van der Waals surface area (Å²) in [6.07, 6.45) is 0.289. The molecule has 0 aromatic carbocycles. The Labute approximate surface area is 127 Å². The molecule has 0 saturated carbocycles. The van der Waals surface area contributed by atoms with Gasteiger partial charge in [0.2, 0.25) is 11.8 Å². The number of rotatable bonds is 4. The van der Waals surface area contributed by atoms with Gasteiger partial charge >= 0.3 is 0 Å². The first-order valence-electron chi connectivity index (χ1n) is 6.93. The number of hydrogen-bond donors (Lipinski definition) is 1. The second kappa shape index (κ2) is 7.21. The molecule has 1 saturated heterocycles. The maximum absolute atomic E-state index is 12.0. The Kier molecular flexibility index (Phi) is 5.32. The van der Waals surface area contributed by atoms with Crippen molar-refractivity contribution < 1.29 is 14.4 Å². The topological polar surface area (TPSA) is 69.7 Å². The zero-order chi connectivity index (χ0) is 15.2. The smallest absolute Gasteiger partial charge is 0.261 e. The summed E-state index contributed by atoms with van der Waals surface area (Å²) >= 11 is 1.38. The van der Waals surface area contributed by atoms with E-state index in [1.165, 1.54) is 18.3 Å². The van der Waals surface area contributed by atoms with E-state index < -0.39 is 0 Å². The molecule has 2 rings (SSSR count). The van der Waals surface area contributed by atoms with Crippen LogP contribution in [0.25, 0.3) is 0 Å². The maximum Gasteiger partial charge on any atom is 0.261 e. The van der Waals surface area contributed by atoms with Crippen LogP contribution in [-0.4, -0.2) is 60.2 Å². The van der Waals surface area contributed by atoms with Gasteiger partial charge in [-0.1, -0.05) is 6.07 Å². The van der Waals surface area contributed by atoms with Gasteiger partial charge in [0.05, 0.1) is 4.88 Å². The third-order valence-electron chi connectivity index (χ3n) is 3.45. The van der Waals surface area contributed by atoms with E-state index in [2.05, 4.69) is 5.32 Å². The first kappa shape index (κ1) is 15.5. The monoisotopic (exact) mass is 309 g/mol.